The lowest BCUT2D eigenvalue weighted by atomic mass is 10.1. The molecule has 1 amide bonds. The second-order valence-corrected chi connectivity index (χ2v) is 9.83. The number of aromatic nitrogens is 3. The average molecular weight is 405 g/mol. The van der Waals surface area contributed by atoms with Crippen LogP contribution < -0.4 is 5.32 Å². The number of carbonyl (C=O) groups excluding carboxylic acids is 1. The van der Waals surface area contributed by atoms with Gasteiger partial charge in [-0.05, 0) is 26.2 Å². The molecule has 4 rings (SSSR count). The lowest BCUT2D eigenvalue weighted by Crippen LogP contribution is -2.33. The molecule has 1 aliphatic carbocycles. The monoisotopic (exact) mass is 405 g/mol. The third-order valence-corrected chi connectivity index (χ3v) is 6.78. The standard InChI is InChI=1S/C18H23N5O4S/c1-11-7-16(27-22-11)14-8-19-18(20-13-3-4-13)21-15(14)9-23(2)17(24)12-5-6-28(25,26)10-12/h7-8,12-13H,3-6,9-10H2,1-2H3,(H,19,20,21)/t12-/m0/s1. The first-order chi connectivity index (χ1) is 13.3. The summed E-state index contributed by atoms with van der Waals surface area (Å²) in [7, 11) is -1.45. The highest BCUT2D eigenvalue weighted by Gasteiger charge is 2.35. The van der Waals surface area contributed by atoms with E-state index in [9.17, 15) is 13.2 Å². The molecule has 1 saturated heterocycles. The van der Waals surface area contributed by atoms with E-state index in [0.717, 1.165) is 18.5 Å². The Kier molecular flexibility index (Phi) is 4.82. The fourth-order valence-electron chi connectivity index (χ4n) is 3.32. The molecule has 9 nitrogen and oxygen atoms in total. The van der Waals surface area contributed by atoms with Gasteiger partial charge in [0.1, 0.15) is 0 Å². The number of sulfone groups is 1. The van der Waals surface area contributed by atoms with Crippen LogP contribution in [0.2, 0.25) is 0 Å². The van der Waals surface area contributed by atoms with Gasteiger partial charge in [-0.1, -0.05) is 5.16 Å². The summed E-state index contributed by atoms with van der Waals surface area (Å²) in [5.74, 6) is 0.371. The molecule has 0 aromatic carbocycles. The summed E-state index contributed by atoms with van der Waals surface area (Å²) < 4.78 is 28.8. The molecule has 150 valence electrons. The van der Waals surface area contributed by atoms with Crippen molar-refractivity contribution < 1.29 is 17.7 Å². The molecule has 2 aromatic heterocycles. The molecule has 0 radical (unpaired) electrons. The molecule has 0 spiro atoms. The summed E-state index contributed by atoms with van der Waals surface area (Å²) in [6.07, 6.45) is 4.23. The second kappa shape index (κ2) is 7.16. The zero-order valence-corrected chi connectivity index (χ0v) is 16.7. The third-order valence-electron chi connectivity index (χ3n) is 5.02. The van der Waals surface area contributed by atoms with Gasteiger partial charge in [0.05, 0.1) is 40.9 Å². The zero-order valence-electron chi connectivity index (χ0n) is 15.9. The van der Waals surface area contributed by atoms with E-state index in [0.29, 0.717) is 35.4 Å². The molecule has 0 bridgehead atoms. The van der Waals surface area contributed by atoms with Crippen molar-refractivity contribution in [1.29, 1.82) is 0 Å². The van der Waals surface area contributed by atoms with E-state index in [1.165, 1.54) is 4.90 Å². The minimum Gasteiger partial charge on any atom is -0.356 e. The minimum absolute atomic E-state index is 0.0722. The van der Waals surface area contributed by atoms with Crippen molar-refractivity contribution >= 4 is 21.7 Å². The Bertz CT molecular complexity index is 999. The van der Waals surface area contributed by atoms with Crippen molar-refractivity contribution in [3.8, 4) is 11.3 Å². The number of hydrogen-bond acceptors (Lipinski definition) is 8. The van der Waals surface area contributed by atoms with Gasteiger partial charge in [-0.15, -0.1) is 0 Å². The number of nitrogens with one attached hydrogen (secondary N) is 1. The number of anilines is 1. The maximum atomic E-state index is 12.7. The molecular formula is C18H23N5O4S. The van der Waals surface area contributed by atoms with Crippen LogP contribution >= 0.6 is 0 Å². The number of rotatable bonds is 6. The highest BCUT2D eigenvalue weighted by molar-refractivity contribution is 7.91. The lowest BCUT2D eigenvalue weighted by molar-refractivity contribution is -0.133. The molecule has 2 aliphatic rings. The molecule has 1 atom stereocenters. The first kappa shape index (κ1) is 18.9. The maximum absolute atomic E-state index is 12.7. The largest absolute Gasteiger partial charge is 0.356 e. The highest BCUT2D eigenvalue weighted by atomic mass is 32.2. The average Bonchev–Trinajstić information content (AvgIpc) is 3.23. The molecule has 2 fully saturated rings. The van der Waals surface area contributed by atoms with Gasteiger partial charge in [0.25, 0.3) is 0 Å². The molecule has 2 aromatic rings. The predicted molar refractivity (Wildman–Crippen MR) is 102 cm³/mol. The van der Waals surface area contributed by atoms with E-state index < -0.39 is 15.8 Å². The van der Waals surface area contributed by atoms with Gasteiger partial charge >= 0.3 is 0 Å². The zero-order chi connectivity index (χ0) is 19.9. The second-order valence-electron chi connectivity index (χ2n) is 7.60. The van der Waals surface area contributed by atoms with E-state index in [2.05, 4.69) is 20.4 Å². The van der Waals surface area contributed by atoms with E-state index >= 15 is 0 Å². The number of nitrogens with zero attached hydrogens (tertiary/aromatic N) is 4. The van der Waals surface area contributed by atoms with E-state index in [1.54, 1.807) is 19.3 Å². The van der Waals surface area contributed by atoms with Crippen LogP contribution in [-0.4, -0.2) is 58.9 Å². The first-order valence-corrected chi connectivity index (χ1v) is 11.1. The molecule has 1 N–H and O–H groups in total. The van der Waals surface area contributed by atoms with E-state index in [-0.39, 0.29) is 24.0 Å². The van der Waals surface area contributed by atoms with Crippen molar-refractivity contribution in [3.63, 3.8) is 0 Å². The molecule has 10 heteroatoms. The number of carbonyl (C=O) groups is 1. The molecule has 3 heterocycles. The number of hydrogen-bond donors (Lipinski definition) is 1. The van der Waals surface area contributed by atoms with E-state index in [4.69, 9.17) is 4.52 Å². The molecule has 1 saturated carbocycles. The van der Waals surface area contributed by atoms with Crippen molar-refractivity contribution in [1.82, 2.24) is 20.0 Å². The Hall–Kier alpha value is -2.49. The topological polar surface area (TPSA) is 118 Å². The third kappa shape index (κ3) is 4.16. The smallest absolute Gasteiger partial charge is 0.226 e. The number of aryl methyl sites for hydroxylation is 1. The maximum Gasteiger partial charge on any atom is 0.226 e. The summed E-state index contributed by atoms with van der Waals surface area (Å²) in [6.45, 7) is 2.05. The van der Waals surface area contributed by atoms with Gasteiger partial charge in [0.15, 0.2) is 15.6 Å². The van der Waals surface area contributed by atoms with Crippen LogP contribution in [-0.2, 0) is 21.2 Å². The Balaban J connectivity index is 1.57. The van der Waals surface area contributed by atoms with Crippen LogP contribution in [0.3, 0.4) is 0 Å². The summed E-state index contributed by atoms with van der Waals surface area (Å²) in [6, 6.07) is 2.19. The minimum atomic E-state index is -3.11. The Morgan fingerprint density at radius 2 is 2.14 bits per heavy atom. The SMILES string of the molecule is Cc1cc(-c2cnc(NC3CC3)nc2CN(C)C(=O)[C@H]2CCS(=O)(=O)C2)on1. The Labute approximate surface area is 163 Å². The lowest BCUT2D eigenvalue weighted by Gasteiger charge is -2.21. The Morgan fingerprint density at radius 3 is 2.75 bits per heavy atom. The summed E-state index contributed by atoms with van der Waals surface area (Å²) in [5.41, 5.74) is 2.04. The van der Waals surface area contributed by atoms with Gasteiger partial charge in [0.2, 0.25) is 11.9 Å². The van der Waals surface area contributed by atoms with Crippen LogP contribution in [0.4, 0.5) is 5.95 Å². The van der Waals surface area contributed by atoms with E-state index in [1.807, 2.05) is 6.92 Å². The van der Waals surface area contributed by atoms with Gasteiger partial charge < -0.3 is 14.7 Å². The fraction of sp³-hybridized carbons (Fsp3) is 0.556. The van der Waals surface area contributed by atoms with Crippen LogP contribution in [0.1, 0.15) is 30.7 Å². The van der Waals surface area contributed by atoms with Gasteiger partial charge in [-0.25, -0.2) is 18.4 Å². The predicted octanol–water partition coefficient (Wildman–Crippen LogP) is 1.41. The van der Waals surface area contributed by atoms with Crippen molar-refractivity contribution in [2.45, 2.75) is 38.8 Å². The van der Waals surface area contributed by atoms with Crippen molar-refractivity contribution in [2.75, 3.05) is 23.9 Å². The number of amides is 1. The normalized spacial score (nSPS) is 20.9. The van der Waals surface area contributed by atoms with Gasteiger partial charge in [-0.3, -0.25) is 4.79 Å². The summed E-state index contributed by atoms with van der Waals surface area (Å²) in [4.78, 5) is 23.2. The molecular weight excluding hydrogens is 382 g/mol. The first-order valence-electron chi connectivity index (χ1n) is 9.32. The fourth-order valence-corrected chi connectivity index (χ4v) is 5.05. The van der Waals surface area contributed by atoms with Crippen LogP contribution in [0.25, 0.3) is 11.3 Å². The molecule has 28 heavy (non-hydrogen) atoms. The molecule has 0 unspecified atom stereocenters. The summed E-state index contributed by atoms with van der Waals surface area (Å²) >= 11 is 0. The Morgan fingerprint density at radius 1 is 1.36 bits per heavy atom. The van der Waals surface area contributed by atoms with Crippen molar-refractivity contribution in [2.24, 2.45) is 5.92 Å². The van der Waals surface area contributed by atoms with Gasteiger partial charge in [0, 0.05) is 25.4 Å². The summed E-state index contributed by atoms with van der Waals surface area (Å²) in [5, 5.41) is 7.17. The van der Waals surface area contributed by atoms with Crippen LogP contribution in [0, 0.1) is 12.8 Å². The quantitative estimate of drug-likeness (QED) is 0.766. The highest BCUT2D eigenvalue weighted by Crippen LogP contribution is 2.28. The van der Waals surface area contributed by atoms with Gasteiger partial charge in [-0.2, -0.15) is 0 Å². The van der Waals surface area contributed by atoms with Crippen LogP contribution in [0.15, 0.2) is 16.8 Å². The van der Waals surface area contributed by atoms with Crippen LogP contribution in [0.5, 0.6) is 0 Å². The van der Waals surface area contributed by atoms with Crippen molar-refractivity contribution in [3.05, 3.63) is 23.7 Å². The molecule has 1 aliphatic heterocycles.